The van der Waals surface area contributed by atoms with Gasteiger partial charge in [0.15, 0.2) is 24.9 Å². The summed E-state index contributed by atoms with van der Waals surface area (Å²) in [7, 11) is 0. The first-order valence-electron chi connectivity index (χ1n) is 23.5. The van der Waals surface area contributed by atoms with E-state index >= 15 is 0 Å². The zero-order valence-corrected chi connectivity index (χ0v) is 41.8. The Morgan fingerprint density at radius 2 is 1.08 bits per heavy atom. The molecular weight excluding hydrogens is 975 g/mol. The summed E-state index contributed by atoms with van der Waals surface area (Å²) >= 11 is 0.0299. The van der Waals surface area contributed by atoms with Crippen LogP contribution in [0, 0.1) is 142 Å². The smallest absolute Gasteiger partial charge is 0.297 e. The average Bonchev–Trinajstić information content (AvgIpc) is 3.40. The first-order valence-corrected chi connectivity index (χ1v) is 24.2. The van der Waals surface area contributed by atoms with E-state index in [-0.39, 0.29) is 12.3 Å². The van der Waals surface area contributed by atoms with Crippen molar-refractivity contribution < 1.29 is 78.3 Å². The Kier molecular flexibility index (Phi) is 36.3. The third kappa shape index (κ3) is 27.7. The molecule has 0 aromatic heterocycles. The molecule has 0 radical (unpaired) electrons. The lowest BCUT2D eigenvalue weighted by Gasteiger charge is -2.46. The van der Waals surface area contributed by atoms with Crippen LogP contribution in [0.15, 0.2) is 12.2 Å². The van der Waals surface area contributed by atoms with Crippen LogP contribution in [0.25, 0.3) is 0 Å². The van der Waals surface area contributed by atoms with Crippen molar-refractivity contribution in [1.29, 1.82) is 0 Å². The van der Waals surface area contributed by atoms with Gasteiger partial charge >= 0.3 is 0 Å². The highest BCUT2D eigenvalue weighted by atomic mass is 32.2. The number of ether oxygens (including phenoxy) is 4. The normalized spacial score (nSPS) is 22.6. The predicted octanol–water partition coefficient (Wildman–Crippen LogP) is 0.800. The van der Waals surface area contributed by atoms with Crippen molar-refractivity contribution in [2.75, 3.05) is 19.8 Å². The molecule has 18 heteroatoms. The molecule has 0 aromatic rings. The zero-order valence-electron chi connectivity index (χ0n) is 40.9. The standard InChI is InChI=1S/C56H59NO16S/c1-3-5-7-9-11-13-15-17-18-19-20-21-22-23-24-25-26-28-30-32-34-36-38-40-48(61)57-44(45(60)39-37-35-33-31-29-27-16-14-12-10-8-6-4-2)43-67-55-51(64)50(63)53(47(42-59)69-55)70-56-52(65)54(71-74-73-72-66)49(62)46(41-58)68-56/h37,39,44-47,49-56,58-60,62-66H,4,6,8,10,12,14,16,27,29,31,33,35,41-43H2,1-2H3,(H,57,61)/b39-37+/t44-,45+,46?,47?,49?,50?,51?,52?,53?,54?,55?,56?/m0/s1. The second kappa shape index (κ2) is 42.1. The van der Waals surface area contributed by atoms with Crippen LogP contribution >= 0.6 is 12.3 Å². The van der Waals surface area contributed by atoms with E-state index in [2.05, 4.69) is 164 Å². The molecule has 0 bridgehead atoms. The Morgan fingerprint density at radius 3 is 1.57 bits per heavy atom. The van der Waals surface area contributed by atoms with Gasteiger partial charge in [-0.3, -0.25) is 8.98 Å². The van der Waals surface area contributed by atoms with E-state index in [1.807, 2.05) is 0 Å². The number of unbranched alkanes of at least 4 members (excludes halogenated alkanes) is 11. The van der Waals surface area contributed by atoms with Crippen LogP contribution in [0.2, 0.25) is 0 Å². The fraction of sp³-hybridized carbons (Fsp3) is 0.518. The van der Waals surface area contributed by atoms with Gasteiger partial charge in [0.1, 0.15) is 48.8 Å². The van der Waals surface area contributed by atoms with Gasteiger partial charge in [-0.25, -0.2) is 5.26 Å². The maximum absolute atomic E-state index is 12.9. The van der Waals surface area contributed by atoms with Crippen molar-refractivity contribution >= 4 is 18.2 Å². The molecule has 2 heterocycles. The van der Waals surface area contributed by atoms with E-state index < -0.39 is 99.3 Å². The van der Waals surface area contributed by atoms with Crippen molar-refractivity contribution in [3.8, 4) is 142 Å². The molecule has 390 valence electrons. The largest absolute Gasteiger partial charge is 0.394 e. The molecule has 10 unspecified atom stereocenters. The van der Waals surface area contributed by atoms with Crippen molar-refractivity contribution in [3.05, 3.63) is 12.2 Å². The van der Waals surface area contributed by atoms with Crippen molar-refractivity contribution in [2.45, 2.75) is 164 Å². The molecule has 9 N–H and O–H groups in total. The van der Waals surface area contributed by atoms with Crippen LogP contribution in [0.1, 0.15) is 90.9 Å². The molecule has 2 aliphatic rings. The summed E-state index contributed by atoms with van der Waals surface area (Å²) in [5, 5.41) is 89.1. The molecule has 0 aromatic carbocycles. The number of rotatable bonds is 26. The number of aliphatic hydroxyl groups excluding tert-OH is 7. The van der Waals surface area contributed by atoms with Gasteiger partial charge in [-0.15, -0.1) is 4.33 Å². The van der Waals surface area contributed by atoms with Crippen molar-refractivity contribution in [3.63, 3.8) is 0 Å². The molecule has 1 amide bonds. The SMILES string of the molecule is CC#CC#CC#CC#CC#CC#CC#CC#CC#CC#CC#CC#CC(=O)N[C@@H](COC1OC(CO)C(OC2OC(CO)C(O)C(OSOOO)C2O)C(O)C1O)[C@H](O)/C=C/CCCCCCCCCCCCC. The summed E-state index contributed by atoms with van der Waals surface area (Å²) in [6, 6.07) is -1.18. The second-order valence-electron chi connectivity index (χ2n) is 15.6. The van der Waals surface area contributed by atoms with Gasteiger partial charge in [0.25, 0.3) is 5.91 Å². The molecule has 2 rings (SSSR count). The Labute approximate surface area is 438 Å². The van der Waals surface area contributed by atoms with Crippen LogP contribution in [0.3, 0.4) is 0 Å². The van der Waals surface area contributed by atoms with Crippen molar-refractivity contribution in [2.24, 2.45) is 0 Å². The van der Waals surface area contributed by atoms with E-state index in [0.29, 0.717) is 6.42 Å². The minimum atomic E-state index is -1.88. The molecule has 2 fully saturated rings. The van der Waals surface area contributed by atoms with E-state index in [4.69, 9.17) is 28.4 Å². The maximum Gasteiger partial charge on any atom is 0.297 e. The molecule has 12 atom stereocenters. The number of amides is 1. The van der Waals surface area contributed by atoms with Gasteiger partial charge < -0.3 is 60.0 Å². The second-order valence-corrected chi connectivity index (χ2v) is 16.0. The molecule has 2 saturated heterocycles. The Bertz CT molecular complexity index is 2570. The lowest BCUT2D eigenvalue weighted by molar-refractivity contribution is -0.435. The van der Waals surface area contributed by atoms with Crippen LogP contribution in [0.5, 0.6) is 0 Å². The monoisotopic (exact) mass is 1030 g/mol. The minimum Gasteiger partial charge on any atom is -0.394 e. The van der Waals surface area contributed by atoms with Crippen LogP contribution < -0.4 is 5.32 Å². The molecule has 17 nitrogen and oxygen atoms in total. The Hall–Kier alpha value is -6.32. The summed E-state index contributed by atoms with van der Waals surface area (Å²) in [4.78, 5) is 12.9. The first-order chi connectivity index (χ1) is 36.1. The molecular formula is C56H59NO16S. The molecule has 0 spiro atoms. The summed E-state index contributed by atoms with van der Waals surface area (Å²) in [5.41, 5.74) is 0. The topological polar surface area (TPSA) is 256 Å². The van der Waals surface area contributed by atoms with Crippen LogP contribution in [0.4, 0.5) is 0 Å². The number of aliphatic hydroxyl groups is 7. The van der Waals surface area contributed by atoms with Gasteiger partial charge in [-0.05, 0) is 114 Å². The maximum atomic E-state index is 12.9. The quantitative estimate of drug-likeness (QED) is 0.0145. The van der Waals surface area contributed by atoms with Crippen LogP contribution in [-0.2, 0) is 37.3 Å². The third-order valence-corrected chi connectivity index (χ3v) is 10.6. The highest BCUT2D eigenvalue weighted by Gasteiger charge is 2.52. The fourth-order valence-corrected chi connectivity index (χ4v) is 6.94. The average molecular weight is 1030 g/mol. The number of nitrogens with one attached hydrogen (secondary N) is 1. The molecule has 0 saturated carbocycles. The van der Waals surface area contributed by atoms with Crippen molar-refractivity contribution in [1.82, 2.24) is 5.32 Å². The van der Waals surface area contributed by atoms with E-state index in [0.717, 1.165) is 25.7 Å². The summed E-state index contributed by atoms with van der Waals surface area (Å²) in [6.07, 6.45) is -1.08. The lowest BCUT2D eigenvalue weighted by atomic mass is 9.97. The van der Waals surface area contributed by atoms with E-state index in [1.165, 1.54) is 51.0 Å². The minimum absolute atomic E-state index is 0.0299. The Balaban J connectivity index is 2.08. The van der Waals surface area contributed by atoms with E-state index in [9.17, 15) is 40.5 Å². The van der Waals surface area contributed by atoms with Crippen LogP contribution in [-0.4, -0.2) is 140 Å². The van der Waals surface area contributed by atoms with Gasteiger partial charge in [0.05, 0.1) is 32.0 Å². The van der Waals surface area contributed by atoms with Gasteiger partial charge in [-0.2, -0.15) is 0 Å². The van der Waals surface area contributed by atoms with E-state index in [1.54, 1.807) is 13.0 Å². The lowest BCUT2D eigenvalue weighted by Crippen LogP contribution is -2.65. The summed E-state index contributed by atoms with van der Waals surface area (Å²) < 4.78 is 31.9. The fourth-order valence-electron chi connectivity index (χ4n) is 6.57. The highest BCUT2D eigenvalue weighted by molar-refractivity contribution is 7.89. The number of hydrogen-bond acceptors (Lipinski definition) is 17. The number of allylic oxidation sites excluding steroid dienone is 1. The molecule has 0 aliphatic carbocycles. The molecule has 74 heavy (non-hydrogen) atoms. The predicted molar refractivity (Wildman–Crippen MR) is 271 cm³/mol. The summed E-state index contributed by atoms with van der Waals surface area (Å²) in [5.74, 6) is 58.5. The summed E-state index contributed by atoms with van der Waals surface area (Å²) in [6.45, 7) is 1.77. The van der Waals surface area contributed by atoms with Gasteiger partial charge in [0, 0.05) is 41.4 Å². The first kappa shape index (κ1) is 63.8. The number of carbonyl (C=O) groups is 1. The van der Waals surface area contributed by atoms with Gasteiger partial charge in [-0.1, -0.05) is 94.2 Å². The third-order valence-electron chi connectivity index (χ3n) is 10.2. The Morgan fingerprint density at radius 1 is 0.608 bits per heavy atom. The number of hydrogen-bond donors (Lipinski definition) is 9. The molecule has 2 aliphatic heterocycles. The zero-order chi connectivity index (χ0) is 53.9. The highest BCUT2D eigenvalue weighted by Crippen LogP contribution is 2.32. The number of carbonyl (C=O) groups excluding carboxylic acids is 1. The van der Waals surface area contributed by atoms with Gasteiger partial charge in [0.2, 0.25) is 0 Å².